The third-order valence-electron chi connectivity index (χ3n) is 4.28. The molecule has 0 aliphatic carbocycles. The predicted octanol–water partition coefficient (Wildman–Crippen LogP) is 0.562. The molecule has 0 amide bonds. The molecule has 3 aliphatic rings. The number of piperidine rings is 2. The van der Waals surface area contributed by atoms with Gasteiger partial charge in [-0.1, -0.05) is 0 Å². The number of rotatable bonds is 2. The summed E-state index contributed by atoms with van der Waals surface area (Å²) in [5.41, 5.74) is 0. The van der Waals surface area contributed by atoms with E-state index < -0.39 is 0 Å². The van der Waals surface area contributed by atoms with Crippen LogP contribution in [-0.4, -0.2) is 61.5 Å². The van der Waals surface area contributed by atoms with Gasteiger partial charge in [-0.15, -0.1) is 0 Å². The van der Waals surface area contributed by atoms with Crippen LogP contribution in [-0.2, 0) is 14.3 Å². The minimum Gasteiger partial charge on any atom is -0.347 e. The molecule has 1 spiro atoms. The van der Waals surface area contributed by atoms with Gasteiger partial charge in [-0.2, -0.15) is 0 Å². The Morgan fingerprint density at radius 2 is 1.78 bits per heavy atom. The highest BCUT2D eigenvalue weighted by molar-refractivity contribution is 5.54. The predicted molar refractivity (Wildman–Crippen MR) is 65.4 cm³/mol. The molecule has 0 bridgehead atoms. The van der Waals surface area contributed by atoms with Gasteiger partial charge in [-0.3, -0.25) is 4.79 Å². The topological polar surface area (TPSA) is 42.0 Å². The van der Waals surface area contributed by atoms with Crippen LogP contribution in [0, 0.1) is 5.92 Å². The Labute approximate surface area is 108 Å². The zero-order valence-electron chi connectivity index (χ0n) is 10.8. The van der Waals surface area contributed by atoms with E-state index in [0.717, 1.165) is 65.1 Å². The monoisotopic (exact) mass is 253 g/mol. The molecule has 3 rings (SSSR count). The molecular formula is C13H21N2O3. The normalized spacial score (nSPS) is 33.9. The van der Waals surface area contributed by atoms with Crippen LogP contribution in [0.15, 0.2) is 0 Å². The lowest BCUT2D eigenvalue weighted by Crippen LogP contribution is -2.54. The highest BCUT2D eigenvalue weighted by atomic mass is 16.7. The van der Waals surface area contributed by atoms with Crippen molar-refractivity contribution in [1.29, 1.82) is 0 Å². The van der Waals surface area contributed by atoms with Gasteiger partial charge < -0.3 is 9.47 Å². The fourth-order valence-electron chi connectivity index (χ4n) is 3.21. The first-order chi connectivity index (χ1) is 8.81. The molecule has 101 valence electrons. The van der Waals surface area contributed by atoms with Crippen molar-refractivity contribution >= 4 is 6.29 Å². The van der Waals surface area contributed by atoms with Gasteiger partial charge in [0.25, 0.3) is 0 Å². The van der Waals surface area contributed by atoms with Crippen molar-refractivity contribution in [2.45, 2.75) is 31.5 Å². The molecule has 0 aromatic rings. The first kappa shape index (κ1) is 12.5. The zero-order chi connectivity index (χ0) is 12.4. The first-order valence-electron chi connectivity index (χ1n) is 6.97. The van der Waals surface area contributed by atoms with E-state index in [4.69, 9.17) is 9.47 Å². The largest absolute Gasteiger partial charge is 0.347 e. The summed E-state index contributed by atoms with van der Waals surface area (Å²) < 4.78 is 11.5. The molecule has 18 heavy (non-hydrogen) atoms. The van der Waals surface area contributed by atoms with Crippen molar-refractivity contribution in [1.82, 2.24) is 10.0 Å². The molecule has 3 aliphatic heterocycles. The smallest absolute Gasteiger partial charge is 0.203 e. The molecule has 1 unspecified atom stereocenters. The molecule has 0 aromatic heterocycles. The van der Waals surface area contributed by atoms with Gasteiger partial charge >= 0.3 is 0 Å². The van der Waals surface area contributed by atoms with Crippen LogP contribution in [0.1, 0.15) is 25.7 Å². The summed E-state index contributed by atoms with van der Waals surface area (Å²) in [6.45, 7) is 5.28. The molecule has 0 aromatic carbocycles. The Hall–Kier alpha value is -0.490. The SMILES string of the molecule is O=[C]C1CCCN(N2CCC3(CC2)OCCO3)C1. The number of hydrazine groups is 1. The molecule has 0 N–H and O–H groups in total. The van der Waals surface area contributed by atoms with E-state index in [1.807, 2.05) is 0 Å². The zero-order valence-corrected chi connectivity index (χ0v) is 10.8. The lowest BCUT2D eigenvalue weighted by molar-refractivity contribution is -0.208. The third kappa shape index (κ3) is 2.45. The summed E-state index contributed by atoms with van der Waals surface area (Å²) in [5, 5.41) is 4.68. The van der Waals surface area contributed by atoms with E-state index in [1.54, 1.807) is 0 Å². The third-order valence-corrected chi connectivity index (χ3v) is 4.28. The van der Waals surface area contributed by atoms with Crippen LogP contribution in [0.5, 0.6) is 0 Å². The quantitative estimate of drug-likeness (QED) is 0.719. The summed E-state index contributed by atoms with van der Waals surface area (Å²) in [5.74, 6) is -0.212. The summed E-state index contributed by atoms with van der Waals surface area (Å²) in [4.78, 5) is 10.8. The Morgan fingerprint density at radius 3 is 2.44 bits per heavy atom. The van der Waals surface area contributed by atoms with Crippen LogP contribution >= 0.6 is 0 Å². The van der Waals surface area contributed by atoms with Crippen LogP contribution < -0.4 is 0 Å². The summed E-state index contributed by atoms with van der Waals surface area (Å²) in [6, 6.07) is 0. The molecule has 0 saturated carbocycles. The molecular weight excluding hydrogens is 232 g/mol. The molecule has 3 fully saturated rings. The van der Waals surface area contributed by atoms with Gasteiger partial charge in [0.1, 0.15) is 0 Å². The number of ether oxygens (including phenoxy) is 2. The molecule has 1 radical (unpaired) electrons. The Bertz CT molecular complexity index is 295. The van der Waals surface area contributed by atoms with Crippen LogP contribution in [0.4, 0.5) is 0 Å². The van der Waals surface area contributed by atoms with Crippen molar-refractivity contribution in [2.75, 3.05) is 39.4 Å². The van der Waals surface area contributed by atoms with E-state index in [0.29, 0.717) is 0 Å². The van der Waals surface area contributed by atoms with E-state index >= 15 is 0 Å². The second-order valence-electron chi connectivity index (χ2n) is 5.43. The van der Waals surface area contributed by atoms with Gasteiger partial charge in [0.05, 0.1) is 13.2 Å². The van der Waals surface area contributed by atoms with Crippen LogP contribution in [0.3, 0.4) is 0 Å². The van der Waals surface area contributed by atoms with Crippen molar-refractivity contribution in [3.05, 3.63) is 0 Å². The highest BCUT2D eigenvalue weighted by Crippen LogP contribution is 2.32. The van der Waals surface area contributed by atoms with E-state index in [-0.39, 0.29) is 11.7 Å². The summed E-state index contributed by atoms with van der Waals surface area (Å²) in [7, 11) is 0. The maximum Gasteiger partial charge on any atom is 0.203 e. The van der Waals surface area contributed by atoms with Gasteiger partial charge in [-0.25, -0.2) is 10.0 Å². The second-order valence-corrected chi connectivity index (χ2v) is 5.43. The molecule has 3 heterocycles. The fourth-order valence-corrected chi connectivity index (χ4v) is 3.21. The van der Waals surface area contributed by atoms with Crippen molar-refractivity contribution in [3.63, 3.8) is 0 Å². The van der Waals surface area contributed by atoms with Gasteiger partial charge in [0.2, 0.25) is 6.29 Å². The maximum atomic E-state index is 10.8. The maximum absolute atomic E-state index is 10.8. The summed E-state index contributed by atoms with van der Waals surface area (Å²) >= 11 is 0. The lowest BCUT2D eigenvalue weighted by Gasteiger charge is -2.44. The average molecular weight is 253 g/mol. The number of hydrogen-bond acceptors (Lipinski definition) is 5. The molecule has 5 nitrogen and oxygen atoms in total. The van der Waals surface area contributed by atoms with Gasteiger partial charge in [0.15, 0.2) is 5.79 Å². The average Bonchev–Trinajstić information content (AvgIpc) is 2.88. The standard InChI is InChI=1S/C13H21N2O3/c16-11-12-2-1-5-15(10-12)14-6-3-13(4-7-14)17-8-9-18-13/h12H,1-10H2. The van der Waals surface area contributed by atoms with Crippen LogP contribution in [0.2, 0.25) is 0 Å². The number of carbonyl (C=O) groups excluding carboxylic acids is 1. The number of hydrogen-bond donors (Lipinski definition) is 0. The second kappa shape index (κ2) is 5.25. The Morgan fingerprint density at radius 1 is 1.06 bits per heavy atom. The van der Waals surface area contributed by atoms with Crippen molar-refractivity contribution < 1.29 is 14.3 Å². The Kier molecular flexibility index (Phi) is 3.66. The molecule has 3 saturated heterocycles. The van der Waals surface area contributed by atoms with Gasteiger partial charge in [0, 0.05) is 44.9 Å². The van der Waals surface area contributed by atoms with E-state index in [9.17, 15) is 4.79 Å². The number of nitrogens with zero attached hydrogens (tertiary/aromatic N) is 2. The van der Waals surface area contributed by atoms with Gasteiger partial charge in [-0.05, 0) is 12.8 Å². The lowest BCUT2D eigenvalue weighted by atomic mass is 10.00. The van der Waals surface area contributed by atoms with E-state index in [1.165, 1.54) is 0 Å². The van der Waals surface area contributed by atoms with E-state index in [2.05, 4.69) is 16.3 Å². The first-order valence-corrected chi connectivity index (χ1v) is 6.97. The minimum atomic E-state index is -0.303. The molecule has 1 atom stereocenters. The van der Waals surface area contributed by atoms with Crippen molar-refractivity contribution in [3.8, 4) is 0 Å². The minimum absolute atomic E-state index is 0.0913. The van der Waals surface area contributed by atoms with Crippen LogP contribution in [0.25, 0.3) is 0 Å². The summed E-state index contributed by atoms with van der Waals surface area (Å²) in [6.07, 6.45) is 6.09. The molecule has 5 heteroatoms. The fraction of sp³-hybridized carbons (Fsp3) is 0.923. The Balaban J connectivity index is 1.54. The van der Waals surface area contributed by atoms with Crippen molar-refractivity contribution in [2.24, 2.45) is 5.92 Å². The highest BCUT2D eigenvalue weighted by Gasteiger charge is 2.41.